The second kappa shape index (κ2) is 5.77. The number of carbonyl (C=O) groups is 3. The molecule has 2 amide bonds. The molecule has 0 aliphatic carbocycles. The zero-order chi connectivity index (χ0) is 13.0. The summed E-state index contributed by atoms with van der Waals surface area (Å²) in [7, 11) is 0. The van der Waals surface area contributed by atoms with Gasteiger partial charge in [0.05, 0.1) is 18.9 Å². The lowest BCUT2D eigenvalue weighted by Crippen LogP contribution is -2.43. The molecule has 1 fully saturated rings. The molecule has 6 nitrogen and oxygen atoms in total. The Morgan fingerprint density at radius 2 is 2.24 bits per heavy atom. The van der Waals surface area contributed by atoms with Gasteiger partial charge in [-0.05, 0) is 13.3 Å². The van der Waals surface area contributed by atoms with Crippen molar-refractivity contribution >= 4 is 17.8 Å². The van der Waals surface area contributed by atoms with E-state index in [9.17, 15) is 14.4 Å². The van der Waals surface area contributed by atoms with E-state index in [4.69, 9.17) is 5.11 Å². The van der Waals surface area contributed by atoms with Crippen molar-refractivity contribution in [1.82, 2.24) is 10.2 Å². The van der Waals surface area contributed by atoms with E-state index in [1.807, 2.05) is 13.8 Å². The number of nitrogens with zero attached hydrogens (tertiary/aromatic N) is 1. The number of hydrogen-bond donors (Lipinski definition) is 2. The fraction of sp³-hybridized carbons (Fsp3) is 0.727. The van der Waals surface area contributed by atoms with Crippen LogP contribution < -0.4 is 5.32 Å². The van der Waals surface area contributed by atoms with Gasteiger partial charge in [0, 0.05) is 12.6 Å². The minimum atomic E-state index is -0.923. The molecule has 0 radical (unpaired) electrons. The van der Waals surface area contributed by atoms with Gasteiger partial charge in [-0.1, -0.05) is 6.92 Å². The van der Waals surface area contributed by atoms with Crippen molar-refractivity contribution in [2.24, 2.45) is 0 Å². The summed E-state index contributed by atoms with van der Waals surface area (Å²) >= 11 is 0. The van der Waals surface area contributed by atoms with Crippen molar-refractivity contribution in [3.8, 4) is 0 Å². The zero-order valence-corrected chi connectivity index (χ0v) is 10.1. The van der Waals surface area contributed by atoms with E-state index >= 15 is 0 Å². The molecule has 1 aliphatic heterocycles. The molecule has 0 aromatic carbocycles. The van der Waals surface area contributed by atoms with Gasteiger partial charge in [-0.3, -0.25) is 19.3 Å². The standard InChI is InChI=1S/C11H18N2O4/c1-3-7(2)13-9(14)6-8(11(13)17)12-5-4-10(15)16/h7-8,12H,3-6H2,1-2H3,(H,15,16). The number of carboxylic acids is 1. The highest BCUT2D eigenvalue weighted by Crippen LogP contribution is 2.17. The average molecular weight is 242 g/mol. The molecule has 0 bridgehead atoms. The second-order valence-electron chi connectivity index (χ2n) is 4.21. The predicted molar refractivity (Wildman–Crippen MR) is 60.3 cm³/mol. The summed E-state index contributed by atoms with van der Waals surface area (Å²) in [6.45, 7) is 3.94. The van der Waals surface area contributed by atoms with Crippen LogP contribution in [0.2, 0.25) is 0 Å². The van der Waals surface area contributed by atoms with Crippen LogP contribution in [0.5, 0.6) is 0 Å². The molecule has 1 saturated heterocycles. The predicted octanol–water partition coefficient (Wildman–Crippen LogP) is -0.0233. The molecule has 1 rings (SSSR count). The van der Waals surface area contributed by atoms with Crippen LogP contribution in [0, 0.1) is 0 Å². The minimum Gasteiger partial charge on any atom is -0.481 e. The van der Waals surface area contributed by atoms with Crippen LogP contribution in [-0.2, 0) is 14.4 Å². The molecule has 2 atom stereocenters. The highest BCUT2D eigenvalue weighted by molar-refractivity contribution is 6.05. The van der Waals surface area contributed by atoms with Crippen molar-refractivity contribution in [2.75, 3.05) is 6.54 Å². The van der Waals surface area contributed by atoms with Crippen LogP contribution in [0.25, 0.3) is 0 Å². The number of nitrogens with one attached hydrogen (secondary N) is 1. The Bertz CT molecular complexity index is 329. The van der Waals surface area contributed by atoms with E-state index < -0.39 is 12.0 Å². The first-order valence-corrected chi connectivity index (χ1v) is 5.78. The van der Waals surface area contributed by atoms with Crippen molar-refractivity contribution in [2.45, 2.75) is 45.2 Å². The summed E-state index contributed by atoms with van der Waals surface area (Å²) in [5.74, 6) is -1.35. The zero-order valence-electron chi connectivity index (χ0n) is 10.1. The first-order chi connectivity index (χ1) is 7.97. The topological polar surface area (TPSA) is 86.7 Å². The Hall–Kier alpha value is -1.43. The third-order valence-corrected chi connectivity index (χ3v) is 2.94. The third kappa shape index (κ3) is 3.26. The van der Waals surface area contributed by atoms with Gasteiger partial charge in [-0.15, -0.1) is 0 Å². The second-order valence-corrected chi connectivity index (χ2v) is 4.21. The number of hydrogen-bond acceptors (Lipinski definition) is 4. The summed E-state index contributed by atoms with van der Waals surface area (Å²) in [6.07, 6.45) is 0.795. The fourth-order valence-electron chi connectivity index (χ4n) is 1.81. The number of amides is 2. The number of carboxylic acid groups (broad SMARTS) is 1. The fourth-order valence-corrected chi connectivity index (χ4v) is 1.81. The van der Waals surface area contributed by atoms with Gasteiger partial charge in [0.15, 0.2) is 0 Å². The Labute approximate surface area is 100.0 Å². The van der Waals surface area contributed by atoms with Crippen molar-refractivity contribution < 1.29 is 19.5 Å². The van der Waals surface area contributed by atoms with Crippen LogP contribution in [0.3, 0.4) is 0 Å². The summed E-state index contributed by atoms with van der Waals surface area (Å²) in [5.41, 5.74) is 0. The van der Waals surface area contributed by atoms with Gasteiger partial charge in [0.25, 0.3) is 0 Å². The third-order valence-electron chi connectivity index (χ3n) is 2.94. The molecular formula is C11H18N2O4. The maximum atomic E-state index is 11.9. The van der Waals surface area contributed by atoms with Crippen molar-refractivity contribution in [3.63, 3.8) is 0 Å². The smallest absolute Gasteiger partial charge is 0.304 e. The van der Waals surface area contributed by atoms with E-state index in [0.717, 1.165) is 6.42 Å². The largest absolute Gasteiger partial charge is 0.481 e. The normalized spacial score (nSPS) is 22.0. The number of imide groups is 1. The molecule has 2 N–H and O–H groups in total. The maximum absolute atomic E-state index is 11.9. The summed E-state index contributed by atoms with van der Waals surface area (Å²) in [4.78, 5) is 35.1. The molecule has 2 unspecified atom stereocenters. The molecule has 6 heteroatoms. The van der Waals surface area contributed by atoms with Crippen molar-refractivity contribution in [1.29, 1.82) is 0 Å². The van der Waals surface area contributed by atoms with Crippen LogP contribution in [0.15, 0.2) is 0 Å². The molecule has 17 heavy (non-hydrogen) atoms. The van der Waals surface area contributed by atoms with Gasteiger partial charge >= 0.3 is 5.97 Å². The van der Waals surface area contributed by atoms with Crippen molar-refractivity contribution in [3.05, 3.63) is 0 Å². The molecule has 1 heterocycles. The molecular weight excluding hydrogens is 224 g/mol. The Kier molecular flexibility index (Phi) is 4.62. The lowest BCUT2D eigenvalue weighted by Gasteiger charge is -2.21. The van der Waals surface area contributed by atoms with E-state index in [2.05, 4.69) is 5.32 Å². The number of rotatable bonds is 6. The molecule has 0 saturated carbocycles. The lowest BCUT2D eigenvalue weighted by molar-refractivity contribution is -0.142. The van der Waals surface area contributed by atoms with Gasteiger partial charge < -0.3 is 10.4 Å². The lowest BCUT2D eigenvalue weighted by atomic mass is 10.2. The first-order valence-electron chi connectivity index (χ1n) is 5.78. The number of carbonyl (C=O) groups excluding carboxylic acids is 2. The highest BCUT2D eigenvalue weighted by Gasteiger charge is 2.40. The van der Waals surface area contributed by atoms with Crippen LogP contribution >= 0.6 is 0 Å². The highest BCUT2D eigenvalue weighted by atomic mass is 16.4. The maximum Gasteiger partial charge on any atom is 0.304 e. The molecule has 0 aromatic heterocycles. The molecule has 0 aromatic rings. The Balaban J connectivity index is 2.52. The Morgan fingerprint density at radius 1 is 1.59 bits per heavy atom. The number of likely N-dealkylation sites (tertiary alicyclic amines) is 1. The van der Waals surface area contributed by atoms with Gasteiger partial charge in [-0.25, -0.2) is 0 Å². The Morgan fingerprint density at radius 3 is 2.76 bits per heavy atom. The molecule has 0 spiro atoms. The van der Waals surface area contributed by atoms with Crippen LogP contribution in [0.1, 0.15) is 33.1 Å². The van der Waals surface area contributed by atoms with E-state index in [1.165, 1.54) is 4.90 Å². The van der Waals surface area contributed by atoms with Crippen LogP contribution in [0.4, 0.5) is 0 Å². The number of aliphatic carboxylic acids is 1. The van der Waals surface area contributed by atoms with Gasteiger partial charge in [0.2, 0.25) is 11.8 Å². The van der Waals surface area contributed by atoms with E-state index in [-0.39, 0.29) is 37.2 Å². The van der Waals surface area contributed by atoms with E-state index in [0.29, 0.717) is 0 Å². The van der Waals surface area contributed by atoms with Gasteiger partial charge in [0.1, 0.15) is 0 Å². The van der Waals surface area contributed by atoms with Crippen LogP contribution in [-0.4, -0.2) is 46.4 Å². The molecule has 1 aliphatic rings. The molecule has 96 valence electrons. The van der Waals surface area contributed by atoms with Gasteiger partial charge in [-0.2, -0.15) is 0 Å². The first kappa shape index (κ1) is 13.6. The summed E-state index contributed by atoms with van der Waals surface area (Å²) in [5, 5.41) is 11.3. The SMILES string of the molecule is CCC(C)N1C(=O)CC(NCCC(=O)O)C1=O. The summed E-state index contributed by atoms with van der Waals surface area (Å²) < 4.78 is 0. The summed E-state index contributed by atoms with van der Waals surface area (Å²) in [6, 6.07) is -0.655. The minimum absolute atomic E-state index is 0.0543. The van der Waals surface area contributed by atoms with E-state index in [1.54, 1.807) is 0 Å². The average Bonchev–Trinajstić information content (AvgIpc) is 2.53. The quantitative estimate of drug-likeness (QED) is 0.639. The monoisotopic (exact) mass is 242 g/mol.